The number of benzene rings is 1. The van der Waals surface area contributed by atoms with Crippen LogP contribution in [0.3, 0.4) is 0 Å². The summed E-state index contributed by atoms with van der Waals surface area (Å²) < 4.78 is 4.62. The summed E-state index contributed by atoms with van der Waals surface area (Å²) in [4.78, 5) is 39.3. The van der Waals surface area contributed by atoms with Crippen LogP contribution in [-0.4, -0.2) is 38.1 Å². The van der Waals surface area contributed by atoms with Gasteiger partial charge in [0.05, 0.1) is 7.11 Å². The molecule has 0 saturated carbocycles. The molecule has 8 nitrogen and oxygen atoms in total. The number of aromatic amines is 1. The van der Waals surface area contributed by atoms with Crippen LogP contribution in [-0.2, 0) is 17.6 Å². The van der Waals surface area contributed by atoms with Gasteiger partial charge in [-0.25, -0.2) is 19.7 Å². The molecule has 0 saturated heterocycles. The molecule has 3 rings (SSSR count). The third-order valence-electron chi connectivity index (χ3n) is 4.42. The number of carbonyl (C=O) groups is 1. The zero-order chi connectivity index (χ0) is 21.0. The number of esters is 1. The Morgan fingerprint density at radius 3 is 2.59 bits per heavy atom. The van der Waals surface area contributed by atoms with Crippen LogP contribution in [0, 0.1) is 6.92 Å². The van der Waals surface area contributed by atoms with Crippen molar-refractivity contribution in [2.24, 2.45) is 0 Å². The highest BCUT2D eigenvalue weighted by Gasteiger charge is 2.24. The fourth-order valence-electron chi connectivity index (χ4n) is 2.92. The van der Waals surface area contributed by atoms with Crippen LogP contribution in [0.15, 0.2) is 41.5 Å². The lowest BCUT2D eigenvalue weighted by atomic mass is 9.92. The molecule has 9 heteroatoms. The van der Waals surface area contributed by atoms with Crippen LogP contribution < -0.4 is 5.56 Å². The van der Waals surface area contributed by atoms with Gasteiger partial charge in [-0.05, 0) is 37.0 Å². The summed E-state index contributed by atoms with van der Waals surface area (Å²) in [6, 6.07) is 7.33. The number of ether oxygens (including phenoxy) is 1. The number of aryl methyl sites for hydroxylation is 1. The quantitative estimate of drug-likeness (QED) is 0.595. The van der Waals surface area contributed by atoms with Crippen LogP contribution in [0.25, 0.3) is 0 Å². The smallest absolute Gasteiger partial charge is 0.360 e. The van der Waals surface area contributed by atoms with Crippen molar-refractivity contribution in [3.8, 4) is 5.75 Å². The van der Waals surface area contributed by atoms with Crippen molar-refractivity contribution in [1.82, 2.24) is 19.9 Å². The van der Waals surface area contributed by atoms with Crippen LogP contribution in [0.5, 0.6) is 5.75 Å². The first-order valence-corrected chi connectivity index (χ1v) is 9.19. The second-order valence-electron chi connectivity index (χ2n) is 6.48. The molecule has 1 unspecified atom stereocenters. The molecule has 0 fully saturated rings. The van der Waals surface area contributed by atoms with Crippen LogP contribution in [0.2, 0.25) is 5.02 Å². The zero-order valence-corrected chi connectivity index (χ0v) is 16.6. The molecule has 0 aliphatic rings. The monoisotopic (exact) mass is 414 g/mol. The maximum atomic E-state index is 12.2. The Hall–Kier alpha value is -3.26. The third-order valence-corrected chi connectivity index (χ3v) is 4.79. The number of carbonyl (C=O) groups excluding carboxylic acids is 1. The van der Waals surface area contributed by atoms with Crippen LogP contribution in [0.1, 0.15) is 39.2 Å². The van der Waals surface area contributed by atoms with Crippen LogP contribution in [0.4, 0.5) is 0 Å². The number of H-pyrrole nitrogens is 1. The Morgan fingerprint density at radius 1 is 1.24 bits per heavy atom. The topological polar surface area (TPSA) is 118 Å². The molecule has 1 atom stereocenters. The van der Waals surface area contributed by atoms with Gasteiger partial charge in [0.25, 0.3) is 5.56 Å². The highest BCUT2D eigenvalue weighted by Crippen LogP contribution is 2.27. The average molecular weight is 415 g/mol. The Bertz CT molecular complexity index is 1080. The molecule has 29 heavy (non-hydrogen) atoms. The fraction of sp³-hybridized carbons (Fsp3) is 0.250. The van der Waals surface area contributed by atoms with Gasteiger partial charge in [0, 0.05) is 23.3 Å². The highest BCUT2D eigenvalue weighted by molar-refractivity contribution is 6.31. The summed E-state index contributed by atoms with van der Waals surface area (Å²) in [5, 5.41) is 10.5. The van der Waals surface area contributed by atoms with Gasteiger partial charge >= 0.3 is 5.97 Å². The van der Waals surface area contributed by atoms with Crippen molar-refractivity contribution in [1.29, 1.82) is 0 Å². The molecule has 150 valence electrons. The predicted molar refractivity (Wildman–Crippen MR) is 106 cm³/mol. The van der Waals surface area contributed by atoms with Crippen molar-refractivity contribution in [2.75, 3.05) is 7.11 Å². The second-order valence-corrected chi connectivity index (χ2v) is 6.88. The summed E-state index contributed by atoms with van der Waals surface area (Å²) in [5.74, 6) is -1.17. The van der Waals surface area contributed by atoms with Gasteiger partial charge in [0.15, 0.2) is 5.69 Å². The predicted octanol–water partition coefficient (Wildman–Crippen LogP) is 2.58. The molecule has 0 amide bonds. The minimum atomic E-state index is -0.898. The number of aromatic nitrogens is 4. The van der Waals surface area contributed by atoms with E-state index in [1.165, 1.54) is 0 Å². The van der Waals surface area contributed by atoms with Crippen molar-refractivity contribution in [2.45, 2.75) is 25.7 Å². The molecule has 0 bridgehead atoms. The van der Waals surface area contributed by atoms with Crippen molar-refractivity contribution >= 4 is 17.6 Å². The van der Waals surface area contributed by atoms with E-state index in [9.17, 15) is 14.7 Å². The van der Waals surface area contributed by atoms with E-state index in [-0.39, 0.29) is 11.7 Å². The second kappa shape index (κ2) is 8.83. The maximum Gasteiger partial charge on any atom is 0.360 e. The molecular weight excluding hydrogens is 396 g/mol. The largest absolute Gasteiger partial charge is 0.501 e. The summed E-state index contributed by atoms with van der Waals surface area (Å²) in [7, 11) is 1.15. The molecule has 0 aliphatic heterocycles. The van der Waals surface area contributed by atoms with Gasteiger partial charge < -0.3 is 14.8 Å². The summed E-state index contributed by atoms with van der Waals surface area (Å²) in [5.41, 5.74) is 0.417. The Morgan fingerprint density at radius 2 is 1.93 bits per heavy atom. The third kappa shape index (κ3) is 4.78. The summed E-state index contributed by atoms with van der Waals surface area (Å²) >= 11 is 6.31. The van der Waals surface area contributed by atoms with Gasteiger partial charge in [-0.3, -0.25) is 4.79 Å². The van der Waals surface area contributed by atoms with Gasteiger partial charge in [-0.2, -0.15) is 0 Å². The molecule has 0 aliphatic carbocycles. The van der Waals surface area contributed by atoms with Crippen LogP contribution >= 0.6 is 11.6 Å². The van der Waals surface area contributed by atoms with E-state index < -0.39 is 23.0 Å². The zero-order valence-electron chi connectivity index (χ0n) is 15.8. The first kappa shape index (κ1) is 20.5. The molecule has 2 aromatic heterocycles. The Labute approximate surface area is 171 Å². The lowest BCUT2D eigenvalue weighted by molar-refractivity contribution is 0.0589. The van der Waals surface area contributed by atoms with Crippen molar-refractivity contribution in [3.63, 3.8) is 0 Å². The molecule has 3 aromatic rings. The fourth-order valence-corrected chi connectivity index (χ4v) is 3.13. The standard InChI is InChI=1S/C20H19ClN4O4/c1-11-22-9-12(10-23-11)7-14(8-13-5-3-4-6-15(13)21)18-24-16(20(28)29-2)17(26)19(27)25-18/h3-6,9-10,14,26H,7-8H2,1-2H3,(H,24,25,27). The average Bonchev–Trinajstić information content (AvgIpc) is 2.72. The summed E-state index contributed by atoms with van der Waals surface area (Å²) in [6.45, 7) is 1.78. The minimum absolute atomic E-state index is 0.230. The van der Waals surface area contributed by atoms with Crippen molar-refractivity contribution < 1.29 is 14.6 Å². The minimum Gasteiger partial charge on any atom is -0.501 e. The molecule has 2 N–H and O–H groups in total. The Kier molecular flexibility index (Phi) is 6.23. The van der Waals surface area contributed by atoms with Crippen molar-refractivity contribution in [3.05, 3.63) is 80.5 Å². The number of nitrogens with zero attached hydrogens (tertiary/aromatic N) is 3. The van der Waals surface area contributed by atoms with E-state index in [2.05, 4.69) is 24.7 Å². The van der Waals surface area contributed by atoms with Gasteiger partial charge in [-0.1, -0.05) is 29.8 Å². The van der Waals surface area contributed by atoms with E-state index >= 15 is 0 Å². The number of methoxy groups -OCH3 is 1. The summed E-state index contributed by atoms with van der Waals surface area (Å²) in [6.07, 6.45) is 4.26. The number of halogens is 1. The van der Waals surface area contributed by atoms with E-state index in [1.807, 2.05) is 18.2 Å². The van der Waals surface area contributed by atoms with Gasteiger partial charge in [-0.15, -0.1) is 0 Å². The lowest BCUT2D eigenvalue weighted by Gasteiger charge is -2.18. The number of rotatable bonds is 6. The van der Waals surface area contributed by atoms with Gasteiger partial charge in [0.2, 0.25) is 5.75 Å². The van der Waals surface area contributed by atoms with Gasteiger partial charge in [0.1, 0.15) is 11.6 Å². The van der Waals surface area contributed by atoms with E-state index in [0.717, 1.165) is 18.2 Å². The first-order valence-electron chi connectivity index (χ1n) is 8.81. The SMILES string of the molecule is COC(=O)c1nc(C(Cc2cnc(C)nc2)Cc2ccccc2Cl)[nH]c(=O)c1O. The van der Waals surface area contributed by atoms with E-state index in [0.29, 0.717) is 23.7 Å². The molecule has 1 aromatic carbocycles. The van der Waals surface area contributed by atoms with E-state index in [1.54, 1.807) is 25.4 Å². The number of aromatic hydroxyl groups is 1. The lowest BCUT2D eigenvalue weighted by Crippen LogP contribution is -2.22. The number of nitrogens with one attached hydrogen (secondary N) is 1. The molecular formula is C20H19ClN4O4. The molecule has 0 radical (unpaired) electrons. The highest BCUT2D eigenvalue weighted by atomic mass is 35.5. The number of hydrogen-bond acceptors (Lipinski definition) is 7. The maximum absolute atomic E-state index is 12.2. The Balaban J connectivity index is 2.05. The first-order chi connectivity index (χ1) is 13.9. The molecule has 0 spiro atoms. The normalized spacial score (nSPS) is 11.8. The van der Waals surface area contributed by atoms with E-state index in [4.69, 9.17) is 11.6 Å². The molecule has 2 heterocycles. The number of hydrogen-bond donors (Lipinski definition) is 2.